The first-order chi connectivity index (χ1) is 12.5. The normalized spacial score (nSPS) is 15.2. The van der Waals surface area contributed by atoms with Crippen molar-refractivity contribution in [3.63, 3.8) is 0 Å². The van der Waals surface area contributed by atoms with Crippen molar-refractivity contribution in [2.75, 3.05) is 12.3 Å². The summed E-state index contributed by atoms with van der Waals surface area (Å²) < 4.78 is 5.26. The molecule has 0 fully saturated rings. The summed E-state index contributed by atoms with van der Waals surface area (Å²) >= 11 is 0. The van der Waals surface area contributed by atoms with Crippen molar-refractivity contribution in [2.45, 2.75) is 32.2 Å². The van der Waals surface area contributed by atoms with Crippen LogP contribution in [0.1, 0.15) is 47.3 Å². The number of hydrogen-bond acceptors (Lipinski definition) is 5. The summed E-state index contributed by atoms with van der Waals surface area (Å²) in [6.07, 6.45) is 2.70. The van der Waals surface area contributed by atoms with Gasteiger partial charge in [-0.05, 0) is 61.6 Å². The zero-order valence-electron chi connectivity index (χ0n) is 14.9. The van der Waals surface area contributed by atoms with Gasteiger partial charge in [-0.2, -0.15) is 0 Å². The third-order valence-electron chi connectivity index (χ3n) is 4.50. The van der Waals surface area contributed by atoms with E-state index in [2.05, 4.69) is 5.32 Å². The largest absolute Gasteiger partial charge is 0.487 e. The molecule has 0 saturated heterocycles. The number of anilines is 1. The number of nitrogens with one attached hydrogen (secondary N) is 1. The Hall–Kier alpha value is -2.80. The number of nitrogens with two attached hydrogens (primary N) is 1. The predicted octanol–water partition coefficient (Wildman–Crippen LogP) is 3.80. The minimum Gasteiger partial charge on any atom is -0.487 e. The van der Waals surface area contributed by atoms with Gasteiger partial charge in [0.2, 0.25) is 0 Å². The molecule has 0 spiro atoms. The van der Waals surface area contributed by atoms with Gasteiger partial charge in [0.25, 0.3) is 5.91 Å². The summed E-state index contributed by atoms with van der Waals surface area (Å²) in [4.78, 5) is 23.3. The number of carbonyl (C=O) groups is 1. The Morgan fingerprint density at radius 3 is 2.81 bits per heavy atom. The van der Waals surface area contributed by atoms with Gasteiger partial charge >= 0.3 is 5.69 Å². The van der Waals surface area contributed by atoms with E-state index in [1.54, 1.807) is 13.0 Å². The Morgan fingerprint density at radius 1 is 1.33 bits per heavy atom. The maximum Gasteiger partial charge on any atom is 0.311 e. The molecule has 1 aliphatic rings. The molecule has 2 aromatic carbocycles. The number of carbonyl (C=O) groups excluding carboxylic acids is 1. The van der Waals surface area contributed by atoms with Gasteiger partial charge in [0.1, 0.15) is 0 Å². The summed E-state index contributed by atoms with van der Waals surface area (Å²) in [6, 6.07) is 9.84. The highest BCUT2D eigenvalue weighted by Gasteiger charge is 2.24. The van der Waals surface area contributed by atoms with E-state index in [0.29, 0.717) is 12.3 Å². The molecule has 1 atom stereocenters. The Labute approximate surface area is 163 Å². The van der Waals surface area contributed by atoms with Crippen molar-refractivity contribution < 1.29 is 14.5 Å². The van der Waals surface area contributed by atoms with Crippen molar-refractivity contribution in [1.29, 1.82) is 0 Å². The van der Waals surface area contributed by atoms with Gasteiger partial charge < -0.3 is 15.8 Å². The van der Waals surface area contributed by atoms with Crippen molar-refractivity contribution in [2.24, 2.45) is 0 Å². The van der Waals surface area contributed by atoms with Gasteiger partial charge in [-0.1, -0.05) is 6.07 Å². The highest BCUT2D eigenvalue weighted by atomic mass is 35.5. The SMILES string of the molecule is CCOc1ccc(C(=O)NC2CCCc3cc(N)ccc32)cc1[N+](=O)[O-].Cl. The molecule has 1 amide bonds. The highest BCUT2D eigenvalue weighted by Crippen LogP contribution is 2.32. The van der Waals surface area contributed by atoms with E-state index in [-0.39, 0.29) is 41.4 Å². The van der Waals surface area contributed by atoms with Gasteiger partial charge in [0.15, 0.2) is 5.75 Å². The lowest BCUT2D eigenvalue weighted by Crippen LogP contribution is -2.31. The number of amides is 1. The Bertz CT molecular complexity index is 857. The summed E-state index contributed by atoms with van der Waals surface area (Å²) in [5.74, 6) is -0.182. The van der Waals surface area contributed by atoms with Gasteiger partial charge in [-0.3, -0.25) is 14.9 Å². The molecule has 7 nitrogen and oxygen atoms in total. The Morgan fingerprint density at radius 2 is 2.11 bits per heavy atom. The minimum atomic E-state index is -0.541. The number of benzene rings is 2. The van der Waals surface area contributed by atoms with E-state index < -0.39 is 4.92 Å². The lowest BCUT2D eigenvalue weighted by atomic mass is 9.87. The van der Waals surface area contributed by atoms with Crippen molar-refractivity contribution in [3.05, 3.63) is 63.2 Å². The van der Waals surface area contributed by atoms with Crippen LogP contribution in [0.5, 0.6) is 5.75 Å². The molecule has 144 valence electrons. The van der Waals surface area contributed by atoms with Crippen LogP contribution in [0.15, 0.2) is 36.4 Å². The topological polar surface area (TPSA) is 107 Å². The van der Waals surface area contributed by atoms with Crippen LogP contribution in [0.25, 0.3) is 0 Å². The molecule has 0 aromatic heterocycles. The van der Waals surface area contributed by atoms with Crippen LogP contribution >= 0.6 is 12.4 Å². The number of rotatable bonds is 5. The van der Waals surface area contributed by atoms with Crippen LogP contribution in [0.4, 0.5) is 11.4 Å². The molecule has 8 heteroatoms. The number of ether oxygens (including phenoxy) is 1. The van der Waals surface area contributed by atoms with Crippen LogP contribution in [-0.4, -0.2) is 17.4 Å². The Kier molecular flexibility index (Phi) is 6.63. The summed E-state index contributed by atoms with van der Waals surface area (Å²) in [6.45, 7) is 2.06. The molecule has 3 N–H and O–H groups in total. The fourth-order valence-corrected chi connectivity index (χ4v) is 3.30. The number of nitrogens with zero attached hydrogens (tertiary/aromatic N) is 1. The van der Waals surface area contributed by atoms with Crippen molar-refractivity contribution >= 4 is 29.7 Å². The zero-order chi connectivity index (χ0) is 18.7. The second kappa shape index (κ2) is 8.73. The number of aryl methyl sites for hydroxylation is 1. The standard InChI is InChI=1S/C19H21N3O4.ClH/c1-2-26-18-9-6-13(11-17(18)22(24)25)19(23)21-16-5-3-4-12-10-14(20)7-8-15(12)16;/h6-11,16H,2-5,20H2,1H3,(H,21,23);1H. The van der Waals surface area contributed by atoms with Gasteiger partial charge in [0.05, 0.1) is 17.6 Å². The molecule has 1 aliphatic carbocycles. The van der Waals surface area contributed by atoms with Gasteiger partial charge in [-0.15, -0.1) is 12.4 Å². The third-order valence-corrected chi connectivity index (χ3v) is 4.50. The van der Waals surface area contributed by atoms with Gasteiger partial charge in [-0.25, -0.2) is 0 Å². The molecule has 0 heterocycles. The van der Waals surface area contributed by atoms with Crippen LogP contribution in [-0.2, 0) is 6.42 Å². The second-order valence-electron chi connectivity index (χ2n) is 6.25. The monoisotopic (exact) mass is 391 g/mol. The highest BCUT2D eigenvalue weighted by molar-refractivity contribution is 5.95. The average molecular weight is 392 g/mol. The molecular formula is C19H22ClN3O4. The van der Waals surface area contributed by atoms with Gasteiger partial charge in [0, 0.05) is 17.3 Å². The first kappa shape index (κ1) is 20.5. The fraction of sp³-hybridized carbons (Fsp3) is 0.316. The van der Waals surface area contributed by atoms with Crippen LogP contribution in [0, 0.1) is 10.1 Å². The van der Waals surface area contributed by atoms with E-state index in [9.17, 15) is 14.9 Å². The molecule has 3 rings (SSSR count). The third kappa shape index (κ3) is 4.49. The molecule has 0 saturated carbocycles. The van der Waals surface area contributed by atoms with Crippen molar-refractivity contribution in [1.82, 2.24) is 5.32 Å². The molecular weight excluding hydrogens is 370 g/mol. The van der Waals surface area contributed by atoms with E-state index in [1.807, 2.05) is 18.2 Å². The van der Waals surface area contributed by atoms with E-state index in [1.165, 1.54) is 12.1 Å². The van der Waals surface area contributed by atoms with E-state index in [4.69, 9.17) is 10.5 Å². The lowest BCUT2D eigenvalue weighted by Gasteiger charge is -2.26. The summed E-state index contributed by atoms with van der Waals surface area (Å²) in [5.41, 5.74) is 8.77. The molecule has 0 bridgehead atoms. The molecule has 1 unspecified atom stereocenters. The number of nitrogen functional groups attached to an aromatic ring is 1. The quantitative estimate of drug-likeness (QED) is 0.457. The maximum atomic E-state index is 12.6. The number of fused-ring (bicyclic) bond motifs is 1. The number of hydrogen-bond donors (Lipinski definition) is 2. The first-order valence-corrected chi connectivity index (χ1v) is 8.60. The number of nitro benzene ring substituents is 1. The Balaban J connectivity index is 0.00000261. The fourth-order valence-electron chi connectivity index (χ4n) is 3.30. The van der Waals surface area contributed by atoms with Crippen molar-refractivity contribution in [3.8, 4) is 5.75 Å². The predicted molar refractivity (Wildman–Crippen MR) is 106 cm³/mol. The number of nitro groups is 1. The van der Waals surface area contributed by atoms with E-state index >= 15 is 0 Å². The second-order valence-corrected chi connectivity index (χ2v) is 6.25. The van der Waals surface area contributed by atoms with Crippen LogP contribution in [0.2, 0.25) is 0 Å². The van der Waals surface area contributed by atoms with E-state index in [0.717, 1.165) is 30.4 Å². The summed E-state index contributed by atoms with van der Waals surface area (Å²) in [5, 5.41) is 14.2. The zero-order valence-corrected chi connectivity index (χ0v) is 15.8. The molecule has 0 aliphatic heterocycles. The molecule has 27 heavy (non-hydrogen) atoms. The maximum absolute atomic E-state index is 12.6. The average Bonchev–Trinajstić information content (AvgIpc) is 2.62. The minimum absolute atomic E-state index is 0. The molecule has 2 aromatic rings. The smallest absolute Gasteiger partial charge is 0.311 e. The molecule has 0 radical (unpaired) electrons. The summed E-state index contributed by atoms with van der Waals surface area (Å²) in [7, 11) is 0. The lowest BCUT2D eigenvalue weighted by molar-refractivity contribution is -0.385. The number of halogens is 1. The van der Waals surface area contributed by atoms with Crippen LogP contribution < -0.4 is 15.8 Å². The van der Waals surface area contributed by atoms with Crippen LogP contribution in [0.3, 0.4) is 0 Å². The first-order valence-electron chi connectivity index (χ1n) is 8.60.